The fourth-order valence-electron chi connectivity index (χ4n) is 2.74. The van der Waals surface area contributed by atoms with E-state index in [-0.39, 0.29) is 17.8 Å². The molecule has 1 amide bonds. The van der Waals surface area contributed by atoms with E-state index in [1.807, 2.05) is 13.8 Å². The first-order valence-corrected chi connectivity index (χ1v) is 6.64. The van der Waals surface area contributed by atoms with Crippen LogP contribution in [0.1, 0.15) is 49.2 Å². The smallest absolute Gasteiger partial charge is 0.234 e. The van der Waals surface area contributed by atoms with Gasteiger partial charge in [-0.2, -0.15) is 0 Å². The van der Waals surface area contributed by atoms with E-state index in [1.165, 1.54) is 0 Å². The zero-order valence-electron chi connectivity index (χ0n) is 11.9. The van der Waals surface area contributed by atoms with Crippen LogP contribution in [0, 0.1) is 19.3 Å². The molecule has 1 atom stereocenters. The predicted octanol–water partition coefficient (Wildman–Crippen LogP) is 1.39. The first-order chi connectivity index (χ1) is 9.42. The summed E-state index contributed by atoms with van der Waals surface area (Å²) in [5, 5.41) is 18.6. The van der Waals surface area contributed by atoms with Crippen LogP contribution < -0.4 is 11.1 Å². The molecule has 0 aliphatic heterocycles. The summed E-state index contributed by atoms with van der Waals surface area (Å²) < 4.78 is 5.10. The van der Waals surface area contributed by atoms with Crippen LogP contribution in [0.5, 0.6) is 0 Å². The Hall–Kier alpha value is -2.05. The summed E-state index contributed by atoms with van der Waals surface area (Å²) in [7, 11) is 0. The Bertz CT molecular complexity index is 526. The van der Waals surface area contributed by atoms with Crippen molar-refractivity contribution in [2.75, 3.05) is 0 Å². The molecule has 0 spiro atoms. The van der Waals surface area contributed by atoms with Crippen LogP contribution in [0.3, 0.4) is 0 Å². The molecule has 0 bridgehead atoms. The lowest BCUT2D eigenvalue weighted by molar-refractivity contribution is -0.131. The van der Waals surface area contributed by atoms with Crippen LogP contribution in [0.2, 0.25) is 0 Å². The Balaban J connectivity index is 2.16. The molecule has 1 saturated carbocycles. The molecule has 1 heterocycles. The van der Waals surface area contributed by atoms with Gasteiger partial charge in [0.05, 0.1) is 11.7 Å². The lowest BCUT2D eigenvalue weighted by Crippen LogP contribution is -2.54. The minimum Gasteiger partial charge on any atom is -0.409 e. The van der Waals surface area contributed by atoms with E-state index >= 15 is 0 Å². The van der Waals surface area contributed by atoms with Crippen molar-refractivity contribution < 1.29 is 14.5 Å². The van der Waals surface area contributed by atoms with Gasteiger partial charge in [0, 0.05) is 5.56 Å². The molecule has 1 aliphatic carbocycles. The van der Waals surface area contributed by atoms with Gasteiger partial charge in [0.1, 0.15) is 11.2 Å². The number of amides is 1. The number of carbonyl (C=O) groups excluding carboxylic acids is 1. The van der Waals surface area contributed by atoms with Crippen molar-refractivity contribution in [3.05, 3.63) is 17.0 Å². The average Bonchev–Trinajstić information content (AvgIpc) is 2.67. The summed E-state index contributed by atoms with van der Waals surface area (Å²) in [5.41, 5.74) is 6.42. The highest BCUT2D eigenvalue weighted by atomic mass is 16.5. The number of nitrogens with two attached hydrogens (primary N) is 1. The number of rotatable bonds is 4. The van der Waals surface area contributed by atoms with E-state index in [2.05, 4.69) is 15.6 Å². The van der Waals surface area contributed by atoms with Crippen LogP contribution in [0.15, 0.2) is 9.68 Å². The lowest BCUT2D eigenvalue weighted by atomic mass is 9.67. The number of carbonyl (C=O) groups is 1. The Morgan fingerprint density at radius 3 is 2.60 bits per heavy atom. The Morgan fingerprint density at radius 2 is 2.20 bits per heavy atom. The maximum atomic E-state index is 12.4. The van der Waals surface area contributed by atoms with Gasteiger partial charge in [0.25, 0.3) is 0 Å². The second kappa shape index (κ2) is 5.15. The van der Waals surface area contributed by atoms with Crippen LogP contribution in [-0.4, -0.2) is 22.1 Å². The quantitative estimate of drug-likeness (QED) is 0.334. The van der Waals surface area contributed by atoms with Crippen LogP contribution in [-0.2, 0) is 4.79 Å². The highest BCUT2D eigenvalue weighted by molar-refractivity contribution is 6.07. The minimum absolute atomic E-state index is 0.0211. The fourth-order valence-corrected chi connectivity index (χ4v) is 2.74. The number of aryl methyl sites for hydroxylation is 2. The van der Waals surface area contributed by atoms with Gasteiger partial charge < -0.3 is 20.8 Å². The molecule has 1 aliphatic rings. The van der Waals surface area contributed by atoms with E-state index in [0.717, 1.165) is 17.7 Å². The summed E-state index contributed by atoms with van der Waals surface area (Å²) in [6.45, 7) is 5.50. The maximum absolute atomic E-state index is 12.4. The summed E-state index contributed by atoms with van der Waals surface area (Å²) in [5.74, 6) is 0.445. The molecule has 0 saturated heterocycles. The predicted molar refractivity (Wildman–Crippen MR) is 72.2 cm³/mol. The summed E-state index contributed by atoms with van der Waals surface area (Å²) in [4.78, 5) is 12.4. The largest absolute Gasteiger partial charge is 0.409 e. The average molecular weight is 280 g/mol. The summed E-state index contributed by atoms with van der Waals surface area (Å²) >= 11 is 0. The standard InChI is InChI=1S/C13H20N4O3/c1-7(10-8(2)17-20-9(10)3)15-12(18)13(5-4-6-13)11(14)16-19/h7,19H,4-6H2,1-3H3,(H2,14,16)(H,15,18). The van der Waals surface area contributed by atoms with Gasteiger partial charge in [0.15, 0.2) is 5.84 Å². The zero-order chi connectivity index (χ0) is 14.9. The van der Waals surface area contributed by atoms with Crippen molar-refractivity contribution in [3.8, 4) is 0 Å². The van der Waals surface area contributed by atoms with Crippen LogP contribution in [0.25, 0.3) is 0 Å². The lowest BCUT2D eigenvalue weighted by Gasteiger charge is -2.39. The van der Waals surface area contributed by atoms with Gasteiger partial charge in [-0.1, -0.05) is 16.7 Å². The van der Waals surface area contributed by atoms with E-state index in [1.54, 1.807) is 6.92 Å². The van der Waals surface area contributed by atoms with Gasteiger partial charge in [-0.3, -0.25) is 4.79 Å². The molecule has 20 heavy (non-hydrogen) atoms. The number of oxime groups is 1. The number of nitrogens with one attached hydrogen (secondary N) is 1. The summed E-state index contributed by atoms with van der Waals surface area (Å²) in [6, 6.07) is -0.238. The van der Waals surface area contributed by atoms with E-state index in [9.17, 15) is 4.79 Å². The molecule has 0 aromatic carbocycles. The molecule has 4 N–H and O–H groups in total. The highest BCUT2D eigenvalue weighted by Gasteiger charge is 2.48. The van der Waals surface area contributed by atoms with E-state index in [4.69, 9.17) is 15.5 Å². The number of hydrogen-bond acceptors (Lipinski definition) is 5. The molecule has 1 unspecified atom stereocenters. The first-order valence-electron chi connectivity index (χ1n) is 6.64. The Kier molecular flexibility index (Phi) is 3.69. The molecule has 7 nitrogen and oxygen atoms in total. The van der Waals surface area contributed by atoms with E-state index in [0.29, 0.717) is 18.6 Å². The fraction of sp³-hybridized carbons (Fsp3) is 0.615. The molecule has 1 fully saturated rings. The molecule has 1 aromatic heterocycles. The van der Waals surface area contributed by atoms with Gasteiger partial charge in [-0.05, 0) is 33.6 Å². The second-order valence-corrected chi connectivity index (χ2v) is 5.35. The van der Waals surface area contributed by atoms with Gasteiger partial charge in [-0.15, -0.1) is 0 Å². The third kappa shape index (κ3) is 2.13. The second-order valence-electron chi connectivity index (χ2n) is 5.35. The topological polar surface area (TPSA) is 114 Å². The number of nitrogens with zero attached hydrogens (tertiary/aromatic N) is 2. The molecule has 2 rings (SSSR count). The molecule has 0 radical (unpaired) electrons. The third-order valence-electron chi connectivity index (χ3n) is 4.11. The Morgan fingerprint density at radius 1 is 1.55 bits per heavy atom. The minimum atomic E-state index is -0.873. The normalized spacial score (nSPS) is 19.2. The monoisotopic (exact) mass is 280 g/mol. The van der Waals surface area contributed by atoms with Gasteiger partial charge in [-0.25, -0.2) is 0 Å². The van der Waals surface area contributed by atoms with Crippen molar-refractivity contribution in [3.63, 3.8) is 0 Å². The van der Waals surface area contributed by atoms with Crippen molar-refractivity contribution in [2.24, 2.45) is 16.3 Å². The van der Waals surface area contributed by atoms with Crippen molar-refractivity contribution in [2.45, 2.75) is 46.1 Å². The van der Waals surface area contributed by atoms with Crippen molar-refractivity contribution in [1.82, 2.24) is 10.5 Å². The van der Waals surface area contributed by atoms with Gasteiger partial charge >= 0.3 is 0 Å². The van der Waals surface area contributed by atoms with E-state index < -0.39 is 5.41 Å². The van der Waals surface area contributed by atoms with Crippen LogP contribution in [0.4, 0.5) is 0 Å². The van der Waals surface area contributed by atoms with Crippen molar-refractivity contribution in [1.29, 1.82) is 0 Å². The highest BCUT2D eigenvalue weighted by Crippen LogP contribution is 2.42. The molecule has 1 aromatic rings. The number of aromatic nitrogens is 1. The Labute approximate surface area is 117 Å². The molecular weight excluding hydrogens is 260 g/mol. The maximum Gasteiger partial charge on any atom is 0.234 e. The molecule has 7 heteroatoms. The summed E-state index contributed by atoms with van der Waals surface area (Å²) in [6.07, 6.45) is 2.09. The third-order valence-corrected chi connectivity index (χ3v) is 4.11. The van der Waals surface area contributed by atoms with Gasteiger partial charge in [0.2, 0.25) is 5.91 Å². The zero-order valence-corrected chi connectivity index (χ0v) is 11.9. The molecule has 110 valence electrons. The number of amidine groups is 1. The first kappa shape index (κ1) is 14.4. The number of hydrogen-bond donors (Lipinski definition) is 3. The SMILES string of the molecule is Cc1noc(C)c1C(C)NC(=O)C1(C(N)=NO)CCC1. The molecular formula is C13H20N4O3. The van der Waals surface area contributed by atoms with Crippen LogP contribution >= 0.6 is 0 Å². The van der Waals surface area contributed by atoms with Crippen molar-refractivity contribution >= 4 is 11.7 Å².